The van der Waals surface area contributed by atoms with E-state index in [4.69, 9.17) is 26.7 Å². The number of rotatable bonds is 9. The summed E-state index contributed by atoms with van der Waals surface area (Å²) in [7, 11) is 5.44. The second-order valence-electron chi connectivity index (χ2n) is 11.7. The van der Waals surface area contributed by atoms with Gasteiger partial charge in [-0.25, -0.2) is 4.79 Å². The Hall–Kier alpha value is -3.38. The number of aliphatic imine (C=N–C) groups is 1. The molecule has 2 unspecified atom stereocenters. The number of ketones is 1. The highest BCUT2D eigenvalue weighted by molar-refractivity contribution is 5.89. The first-order valence-electron chi connectivity index (χ1n) is 14.1. The number of Topliss-reactive ketones (excluding diaryl/α,β-unsaturated/α-hetero) is 1. The van der Waals surface area contributed by atoms with Crippen LogP contribution in [0.4, 0.5) is 4.79 Å². The van der Waals surface area contributed by atoms with E-state index in [1.807, 2.05) is 6.07 Å². The number of benzene rings is 1. The summed E-state index contributed by atoms with van der Waals surface area (Å²) in [5.41, 5.74) is 18.6. The molecule has 1 saturated heterocycles. The van der Waals surface area contributed by atoms with E-state index in [0.717, 1.165) is 31.4 Å². The van der Waals surface area contributed by atoms with Crippen molar-refractivity contribution in [3.63, 3.8) is 0 Å². The number of ether oxygens (including phenoxy) is 2. The van der Waals surface area contributed by atoms with E-state index < -0.39 is 18.2 Å². The van der Waals surface area contributed by atoms with Gasteiger partial charge in [-0.05, 0) is 63.2 Å². The van der Waals surface area contributed by atoms with Crippen molar-refractivity contribution in [3.8, 4) is 11.5 Å². The van der Waals surface area contributed by atoms with E-state index in [0.29, 0.717) is 49.3 Å². The molecule has 2 bridgehead atoms. The number of amides is 2. The summed E-state index contributed by atoms with van der Waals surface area (Å²) >= 11 is 0. The Kier molecular flexibility index (Phi) is 7.66. The van der Waals surface area contributed by atoms with Crippen LogP contribution in [0.5, 0.6) is 11.5 Å². The fraction of sp³-hybridized carbons (Fsp3) is 0.643. The predicted octanol–water partition coefficient (Wildman–Crippen LogP) is 0.195. The average molecular weight is 556 g/mol. The lowest BCUT2D eigenvalue weighted by atomic mass is 9.52. The van der Waals surface area contributed by atoms with Crippen LogP contribution in [0.2, 0.25) is 0 Å². The van der Waals surface area contributed by atoms with Crippen molar-refractivity contribution in [2.75, 3.05) is 47.3 Å². The van der Waals surface area contributed by atoms with Crippen molar-refractivity contribution in [1.82, 2.24) is 14.7 Å². The van der Waals surface area contributed by atoms with Gasteiger partial charge in [0.1, 0.15) is 0 Å². The molecule has 1 spiro atoms. The molecule has 2 aliphatic heterocycles. The third-order valence-electron chi connectivity index (χ3n) is 9.31. The van der Waals surface area contributed by atoms with Crippen molar-refractivity contribution in [3.05, 3.63) is 23.3 Å². The molecular formula is C28H41N7O5. The number of piperidine rings is 1. The lowest BCUT2D eigenvalue weighted by Gasteiger charge is -2.57. The molecule has 2 amide bonds. The molecule has 6 N–H and O–H groups in total. The van der Waals surface area contributed by atoms with Crippen LogP contribution in [0.25, 0.3) is 0 Å². The Morgan fingerprint density at radius 2 is 2.00 bits per heavy atom. The molecule has 1 aromatic rings. The molecule has 5 rings (SSSR count). The first-order chi connectivity index (χ1) is 19.0. The first kappa shape index (κ1) is 28.2. The number of guanidine groups is 1. The third kappa shape index (κ3) is 4.77. The van der Waals surface area contributed by atoms with Crippen LogP contribution in [0.1, 0.15) is 43.2 Å². The Bertz CT molecular complexity index is 1220. The number of carbonyl (C=O) groups excluding carboxylic acids is 3. The SMILES string of the molecule is CN(CCN(C)C(=O)[C@@H](N)CCCN=C(N)N)C(=O)Oc1ccc2c3c1OC1C(=O)CCC4[C@@H](C2)N(C)CC[C@]314. The van der Waals surface area contributed by atoms with Gasteiger partial charge < -0.3 is 41.4 Å². The number of hydrogen-bond acceptors (Lipinski definition) is 8. The predicted molar refractivity (Wildman–Crippen MR) is 149 cm³/mol. The molecule has 1 saturated carbocycles. The number of carbonyl (C=O) groups is 3. The largest absolute Gasteiger partial charge is 0.477 e. The van der Waals surface area contributed by atoms with Gasteiger partial charge in [0.25, 0.3) is 0 Å². The molecule has 218 valence electrons. The van der Waals surface area contributed by atoms with Gasteiger partial charge in [0.2, 0.25) is 5.91 Å². The van der Waals surface area contributed by atoms with Gasteiger partial charge >= 0.3 is 6.09 Å². The van der Waals surface area contributed by atoms with Crippen LogP contribution in [0.3, 0.4) is 0 Å². The number of likely N-dealkylation sites (tertiary alicyclic amines) is 1. The van der Waals surface area contributed by atoms with Crippen molar-refractivity contribution in [1.29, 1.82) is 0 Å². The second-order valence-corrected chi connectivity index (χ2v) is 11.7. The summed E-state index contributed by atoms with van der Waals surface area (Å²) < 4.78 is 12.2. The molecule has 2 aliphatic carbocycles. The van der Waals surface area contributed by atoms with Gasteiger partial charge in [-0.15, -0.1) is 0 Å². The molecule has 2 fully saturated rings. The fourth-order valence-corrected chi connectivity index (χ4v) is 7.19. The zero-order valence-electron chi connectivity index (χ0n) is 23.6. The summed E-state index contributed by atoms with van der Waals surface area (Å²) in [4.78, 5) is 48.0. The second kappa shape index (κ2) is 10.9. The minimum absolute atomic E-state index is 0.00815. The highest BCUT2D eigenvalue weighted by Crippen LogP contribution is 2.63. The van der Waals surface area contributed by atoms with E-state index in [1.54, 1.807) is 20.2 Å². The molecule has 5 atom stereocenters. The van der Waals surface area contributed by atoms with E-state index >= 15 is 0 Å². The van der Waals surface area contributed by atoms with E-state index in [1.165, 1.54) is 15.4 Å². The maximum absolute atomic E-state index is 13.1. The van der Waals surface area contributed by atoms with Gasteiger partial charge in [-0.3, -0.25) is 14.6 Å². The lowest BCUT2D eigenvalue weighted by Crippen LogP contribution is -2.65. The molecule has 40 heavy (non-hydrogen) atoms. The van der Waals surface area contributed by atoms with Crippen LogP contribution in [0.15, 0.2) is 17.1 Å². The number of nitrogens with two attached hydrogens (primary N) is 3. The molecule has 4 aliphatic rings. The zero-order chi connectivity index (χ0) is 28.8. The van der Waals surface area contributed by atoms with Crippen molar-refractivity contribution in [2.24, 2.45) is 28.1 Å². The number of likely N-dealkylation sites (N-methyl/N-ethyl adjacent to an activating group) is 3. The van der Waals surface area contributed by atoms with Crippen molar-refractivity contribution >= 4 is 23.7 Å². The van der Waals surface area contributed by atoms with Crippen LogP contribution in [0, 0.1) is 5.92 Å². The van der Waals surface area contributed by atoms with Crippen LogP contribution in [-0.4, -0.2) is 104 Å². The monoisotopic (exact) mass is 555 g/mol. The maximum Gasteiger partial charge on any atom is 0.415 e. The summed E-state index contributed by atoms with van der Waals surface area (Å²) in [6.07, 6.45) is 3.10. The molecule has 1 aromatic carbocycles. The molecule has 0 aromatic heterocycles. The van der Waals surface area contributed by atoms with E-state index in [9.17, 15) is 14.4 Å². The van der Waals surface area contributed by atoms with E-state index in [2.05, 4.69) is 16.9 Å². The summed E-state index contributed by atoms with van der Waals surface area (Å²) in [6, 6.07) is 3.52. The van der Waals surface area contributed by atoms with Gasteiger partial charge in [0.05, 0.1) is 6.04 Å². The van der Waals surface area contributed by atoms with Crippen molar-refractivity contribution < 1.29 is 23.9 Å². The van der Waals surface area contributed by atoms with Gasteiger partial charge in [-0.2, -0.15) is 0 Å². The average Bonchev–Trinajstić information content (AvgIpc) is 3.28. The Balaban J connectivity index is 1.23. The highest BCUT2D eigenvalue weighted by atomic mass is 16.6. The van der Waals surface area contributed by atoms with Gasteiger partial charge in [-0.1, -0.05) is 6.07 Å². The van der Waals surface area contributed by atoms with Crippen LogP contribution >= 0.6 is 0 Å². The maximum atomic E-state index is 13.1. The third-order valence-corrected chi connectivity index (χ3v) is 9.31. The smallest absolute Gasteiger partial charge is 0.415 e. The van der Waals surface area contributed by atoms with Crippen LogP contribution in [-0.2, 0) is 21.4 Å². The number of nitrogens with zero attached hydrogens (tertiary/aromatic N) is 4. The Labute approximate surface area is 234 Å². The Morgan fingerprint density at radius 3 is 2.75 bits per heavy atom. The molecule has 12 heteroatoms. The summed E-state index contributed by atoms with van der Waals surface area (Å²) in [5, 5.41) is 0. The van der Waals surface area contributed by atoms with E-state index in [-0.39, 0.29) is 36.2 Å². The first-order valence-corrected chi connectivity index (χ1v) is 14.1. The fourth-order valence-electron chi connectivity index (χ4n) is 7.19. The van der Waals surface area contributed by atoms with Crippen molar-refractivity contribution in [2.45, 2.75) is 62.1 Å². The highest BCUT2D eigenvalue weighted by Gasteiger charge is 2.65. The molecular weight excluding hydrogens is 514 g/mol. The topological polar surface area (TPSA) is 170 Å². The number of hydrogen-bond donors (Lipinski definition) is 3. The summed E-state index contributed by atoms with van der Waals surface area (Å²) in [6.45, 7) is 1.86. The van der Waals surface area contributed by atoms with Crippen LogP contribution < -0.4 is 26.7 Å². The summed E-state index contributed by atoms with van der Waals surface area (Å²) in [5.74, 6) is 1.17. The minimum atomic E-state index is -0.679. The van der Waals surface area contributed by atoms with Gasteiger partial charge in [0, 0.05) is 57.2 Å². The zero-order valence-corrected chi connectivity index (χ0v) is 23.6. The molecule has 0 radical (unpaired) electrons. The quantitative estimate of drug-likeness (QED) is 0.219. The molecule has 12 nitrogen and oxygen atoms in total. The Morgan fingerprint density at radius 1 is 1.25 bits per heavy atom. The van der Waals surface area contributed by atoms with Gasteiger partial charge in [0.15, 0.2) is 29.3 Å². The normalized spacial score (nSPS) is 26.8. The lowest BCUT2D eigenvalue weighted by molar-refractivity contribution is -0.138. The molecule has 2 heterocycles. The minimum Gasteiger partial charge on any atom is -0.477 e. The standard InChI is InChI=1S/C28H41N7O5/c1-33-12-10-28-17-7-8-20(36)24(28)40-23-21(9-6-16(22(23)28)15-19(17)33)39-27(38)35(3)14-13-34(2)25(37)18(29)5-4-11-32-26(30)31/h6,9,17-19,24H,4-5,7-8,10-15,29H2,1-3H3,(H4,30,31,32)/t17?,18-,19+,24?,28-/m0/s1.